The summed E-state index contributed by atoms with van der Waals surface area (Å²) in [5.74, 6) is -1.26. The summed E-state index contributed by atoms with van der Waals surface area (Å²) in [5, 5.41) is 46.2. The minimum Gasteiger partial charge on any atom is -0.505 e. The first-order valence-corrected chi connectivity index (χ1v) is 46.6. The number of benzene rings is 12. The number of aryl methyl sites for hydroxylation is 2. The molecule has 36 heteroatoms. The van der Waals surface area contributed by atoms with Crippen LogP contribution in [0, 0.1) is 42.9 Å². The van der Waals surface area contributed by atoms with E-state index < -0.39 is 96.8 Å². The molecular weight excluding hydrogens is 1940 g/mol. The molecule has 12 aromatic carbocycles. The van der Waals surface area contributed by atoms with Gasteiger partial charge < -0.3 is 84.8 Å². The van der Waals surface area contributed by atoms with Gasteiger partial charge in [-0.25, -0.2) is 41.1 Å². The Kier molecular flexibility index (Phi) is 26.3. The third-order valence-corrected chi connectivity index (χ3v) is 27.6. The number of pyridine rings is 4. The minimum atomic E-state index is -0.836. The number of halogens is 6. The lowest BCUT2D eigenvalue weighted by Gasteiger charge is -2.15. The van der Waals surface area contributed by atoms with Crippen molar-refractivity contribution in [2.24, 2.45) is 0 Å². The van der Waals surface area contributed by atoms with Gasteiger partial charge in [0.15, 0.2) is 68.3 Å². The van der Waals surface area contributed by atoms with Gasteiger partial charge in [-0.1, -0.05) is 149 Å². The maximum Gasteiger partial charge on any atom is 0.354 e. The summed E-state index contributed by atoms with van der Waals surface area (Å²) in [4.78, 5) is 109. The minimum absolute atomic E-state index is 0.0122. The van der Waals surface area contributed by atoms with E-state index in [9.17, 15) is 80.7 Å². The largest absolute Gasteiger partial charge is 0.505 e. The van der Waals surface area contributed by atoms with Crippen molar-refractivity contribution in [3.8, 4) is 57.5 Å². The van der Waals surface area contributed by atoms with Gasteiger partial charge in [0.2, 0.25) is 13.6 Å². The molecule has 0 fully saturated rings. The van der Waals surface area contributed by atoms with Crippen LogP contribution in [0.1, 0.15) is 33.4 Å². The number of hydrogen-bond donors (Lipinski definition) is 4. The summed E-state index contributed by atoms with van der Waals surface area (Å²) in [6, 6.07) is 66.3. The van der Waals surface area contributed by atoms with Crippen molar-refractivity contribution < 1.29 is 88.5 Å². The van der Waals surface area contributed by atoms with E-state index in [0.717, 1.165) is 58.2 Å². The molecule has 26 nitrogen and oxygen atoms in total. The molecule has 712 valence electrons. The van der Waals surface area contributed by atoms with Crippen LogP contribution in [-0.4, -0.2) is 66.5 Å². The first-order chi connectivity index (χ1) is 68.5. The second-order valence-electron chi connectivity index (χ2n) is 32.3. The fourth-order valence-corrected chi connectivity index (χ4v) is 20.0. The molecule has 0 saturated heterocycles. The van der Waals surface area contributed by atoms with Crippen LogP contribution in [0.25, 0.3) is 87.5 Å². The van der Waals surface area contributed by atoms with Gasteiger partial charge in [0, 0.05) is 70.4 Å². The molecule has 0 spiro atoms. The van der Waals surface area contributed by atoms with Crippen molar-refractivity contribution in [2.75, 3.05) is 27.8 Å². The Balaban J connectivity index is 0.000000120. The molecule has 0 saturated carbocycles. The molecule has 4 N–H and O–H groups in total. The number of nitrogens with zero attached hydrogens (tertiary/aromatic N) is 4. The second kappa shape index (κ2) is 39.5. The average Bonchev–Trinajstić information content (AvgIpc) is 1.62. The van der Waals surface area contributed by atoms with Gasteiger partial charge in [0.1, 0.15) is 81.7 Å². The van der Waals surface area contributed by atoms with Crippen molar-refractivity contribution in [3.05, 3.63) is 405 Å². The van der Waals surface area contributed by atoms with Crippen LogP contribution in [0.5, 0.6) is 57.5 Å². The second-order valence-corrected chi connectivity index (χ2v) is 37.1. The molecule has 2 aliphatic rings. The molecule has 22 rings (SSSR count). The van der Waals surface area contributed by atoms with Crippen molar-refractivity contribution >= 4 is 146 Å². The zero-order valence-corrected chi connectivity index (χ0v) is 78.3. The molecule has 2 aliphatic heterocycles. The lowest BCUT2D eigenvalue weighted by Crippen LogP contribution is -2.23. The van der Waals surface area contributed by atoms with Crippen LogP contribution < -0.4 is 73.2 Å². The Bertz CT molecular complexity index is 9060. The molecule has 0 radical (unpaired) electrons. The molecule has 10 heterocycles. The van der Waals surface area contributed by atoms with Crippen LogP contribution in [0.4, 0.5) is 22.0 Å². The highest BCUT2D eigenvalue weighted by atomic mass is 35.5. The number of rotatable bonds is 18. The zero-order chi connectivity index (χ0) is 99.3. The number of ether oxygens (including phenoxy) is 6. The summed E-state index contributed by atoms with van der Waals surface area (Å²) in [5.41, 5.74) is 0.745. The van der Waals surface area contributed by atoms with E-state index in [2.05, 4.69) is 0 Å². The Labute approximate surface area is 817 Å². The summed E-state index contributed by atoms with van der Waals surface area (Å²) >= 11 is 9.90. The fourth-order valence-electron chi connectivity index (χ4n) is 16.2. The zero-order valence-electron chi connectivity index (χ0n) is 74.3. The van der Waals surface area contributed by atoms with E-state index >= 15 is 0 Å². The lowest BCUT2D eigenvalue weighted by molar-refractivity contribution is 0.173. The molecule has 0 amide bonds. The Morgan fingerprint density at radius 1 is 0.310 bits per heavy atom. The van der Waals surface area contributed by atoms with Crippen molar-refractivity contribution in [1.82, 2.24) is 18.3 Å². The van der Waals surface area contributed by atoms with Crippen LogP contribution in [0.2, 0.25) is 5.02 Å². The highest BCUT2D eigenvalue weighted by Gasteiger charge is 2.31. The monoisotopic (exact) mass is 2010 g/mol. The Hall–Kier alpha value is -16.3. The van der Waals surface area contributed by atoms with Crippen LogP contribution in [0.15, 0.2) is 350 Å². The number of fused-ring (bicyclic) bond motifs is 14. The summed E-state index contributed by atoms with van der Waals surface area (Å²) in [7, 11) is 2.98. The third kappa shape index (κ3) is 18.9. The number of hydrogen-bond acceptors (Lipinski definition) is 26. The van der Waals surface area contributed by atoms with Crippen molar-refractivity contribution in [3.63, 3.8) is 0 Å². The van der Waals surface area contributed by atoms with Crippen molar-refractivity contribution in [1.29, 1.82) is 0 Å². The van der Waals surface area contributed by atoms with Crippen molar-refractivity contribution in [2.45, 2.75) is 79.2 Å². The first-order valence-electron chi connectivity index (χ1n) is 42.9. The molecule has 0 aliphatic carbocycles. The number of aromatic nitrogens is 4. The van der Waals surface area contributed by atoms with Gasteiger partial charge in [-0.2, -0.15) is 0 Å². The topological polar surface area (TPSA) is 345 Å². The fraction of sp³-hybridized carbons (Fsp3) is 0.0943. The van der Waals surface area contributed by atoms with Gasteiger partial charge >= 0.3 is 22.5 Å². The molecule has 20 aromatic rings. The van der Waals surface area contributed by atoms with Gasteiger partial charge in [-0.05, 0) is 188 Å². The highest BCUT2D eigenvalue weighted by molar-refractivity contribution is 8.00. The van der Waals surface area contributed by atoms with Crippen LogP contribution in [0.3, 0.4) is 0 Å². The van der Waals surface area contributed by atoms with E-state index in [0.29, 0.717) is 125 Å². The molecule has 0 bridgehead atoms. The maximum atomic E-state index is 13.8. The van der Waals surface area contributed by atoms with Gasteiger partial charge in [0.25, 0.3) is 22.2 Å². The van der Waals surface area contributed by atoms with E-state index in [1.807, 2.05) is 56.3 Å². The molecule has 8 aromatic heterocycles. The summed E-state index contributed by atoms with van der Waals surface area (Å²) in [6.07, 6.45) is 0. The highest BCUT2D eigenvalue weighted by Crippen LogP contribution is 2.47. The summed E-state index contributed by atoms with van der Waals surface area (Å²) in [6.45, 7) is 4.21. The van der Waals surface area contributed by atoms with Gasteiger partial charge in [0.05, 0.1) is 62.5 Å². The Morgan fingerprint density at radius 3 is 0.908 bits per heavy atom. The normalized spacial score (nSPS) is 11.9. The molecule has 142 heavy (non-hydrogen) atoms. The molecular formula is C106H70ClF5N4O22S4. The van der Waals surface area contributed by atoms with E-state index in [-0.39, 0.29) is 103 Å². The predicted octanol–water partition coefficient (Wildman–Crippen LogP) is 21.5. The Morgan fingerprint density at radius 2 is 0.592 bits per heavy atom. The third-order valence-electron chi connectivity index (χ3n) is 23.1. The quantitative estimate of drug-likeness (QED) is 0.0458. The van der Waals surface area contributed by atoms with Gasteiger partial charge in [-0.3, -0.25) is 19.2 Å². The summed E-state index contributed by atoms with van der Waals surface area (Å²) < 4.78 is 128. The lowest BCUT2D eigenvalue weighted by atomic mass is 10.1. The molecule has 0 atom stereocenters. The van der Waals surface area contributed by atoms with Crippen LogP contribution in [-0.2, 0) is 26.2 Å². The van der Waals surface area contributed by atoms with E-state index in [1.54, 1.807) is 140 Å². The SMILES string of the molecule is COc1ccc2c3oc(=O)c(Sc4ccc(F)cc4)c(O)c3c(=O)n(Cc3ccc(F)cc3)c2c1.COc1ccc2c3oc(=O)c(Sc4cccc(Cl)c4)c(O)c3c(=O)n(Cc3ccc(F)cc3)c2c1.Cc1ccc(Sc2c(O)c3c(=O)n(Cc4ccc(F)cc4)c4cc5c(cc4c3oc2=O)OCO5)cc1.Cc1cccc(Sc2c(O)c3c(=O)n(Cc4ccc(F)cc4)c4cc5c(cc4c3oc2=O)OCO5)c1. The van der Waals surface area contributed by atoms with E-state index in [1.165, 1.54) is 105 Å². The average molecular weight is 2010 g/mol. The van der Waals surface area contributed by atoms with E-state index in [4.69, 9.17) is 57.7 Å². The van der Waals surface area contributed by atoms with Gasteiger partial charge in [-0.15, -0.1) is 0 Å². The maximum absolute atomic E-state index is 13.8. The van der Waals surface area contributed by atoms with Crippen LogP contribution >= 0.6 is 58.6 Å². The standard InChI is InChI=1S/2C27H18FNO6S.C26H17ClFNO5S.C26H17F2NO5S/c1-14-2-8-17(9-3-14)36-25-23(30)22-24(35-27(25)32)18-10-20-21(34-13-33-20)11-19(18)29(26(22)31)12-15-4-6-16(28)7-5-15;1-14-3-2-4-17(9-14)36-25-23(30)22-24(35-27(25)32)18-10-20-21(34-13-33-20)11-19(18)29(26(22)31)12-15-5-7-16(28)8-6-15;1-33-17-9-10-19-20(12-17)29(13-14-5-7-16(28)8-6-14)25(31)21-22(30)24(26(32)34-23(19)21)35-18-4-2-3-15(27)11-18;1-33-17-8-11-19-20(12-17)29(13-14-2-4-15(27)5-3-14)25(31)21-22(30)24(26(32)34-23(19)21)35-18-9-6-16(28)7-10-18/h2*2-11,30H,12-13H2,1H3;2*2-12,30H,13H2,1H3. The first kappa shape index (κ1) is 94.6. The number of methoxy groups -OCH3 is 2. The molecule has 0 unspecified atom stereocenters. The smallest absolute Gasteiger partial charge is 0.354 e. The predicted molar refractivity (Wildman–Crippen MR) is 528 cm³/mol. The number of aromatic hydroxyl groups is 4.